The fourth-order valence-electron chi connectivity index (χ4n) is 2.22. The van der Waals surface area contributed by atoms with E-state index in [1.165, 1.54) is 0 Å². The Balaban J connectivity index is 1.92. The van der Waals surface area contributed by atoms with Crippen LogP contribution in [0, 0.1) is 0 Å². The van der Waals surface area contributed by atoms with Gasteiger partial charge in [-0.05, 0) is 24.3 Å². The first-order chi connectivity index (χ1) is 11.5. The first-order valence-corrected chi connectivity index (χ1v) is 7.84. The summed E-state index contributed by atoms with van der Waals surface area (Å²) in [7, 11) is 5.40. The summed E-state index contributed by atoms with van der Waals surface area (Å²) in [4.78, 5) is 18.3. The fraction of sp³-hybridized carbons (Fsp3) is 0.294. The summed E-state index contributed by atoms with van der Waals surface area (Å²) in [5, 5.41) is 6.48. The third kappa shape index (κ3) is 4.76. The zero-order valence-corrected chi connectivity index (χ0v) is 14.7. The van der Waals surface area contributed by atoms with Crippen LogP contribution in [0.3, 0.4) is 0 Å². The average Bonchev–Trinajstić information content (AvgIpc) is 2.58. The van der Waals surface area contributed by atoms with Gasteiger partial charge in [-0.3, -0.25) is 4.79 Å². The molecule has 0 saturated heterocycles. The Bertz CT molecular complexity index is 707. The number of benzene rings is 1. The number of nitrogens with zero attached hydrogens (tertiary/aromatic N) is 2. The normalized spacial score (nSPS) is 10.2. The molecule has 0 aliphatic heterocycles. The van der Waals surface area contributed by atoms with Crippen molar-refractivity contribution in [1.29, 1.82) is 0 Å². The average molecular weight is 349 g/mol. The predicted octanol–water partition coefficient (Wildman–Crippen LogP) is 2.54. The highest BCUT2D eigenvalue weighted by atomic mass is 35.5. The Morgan fingerprint density at radius 1 is 1.33 bits per heavy atom. The van der Waals surface area contributed by atoms with Crippen LogP contribution in [0.1, 0.15) is 5.56 Å². The van der Waals surface area contributed by atoms with Crippen LogP contribution in [0.2, 0.25) is 5.02 Å². The Hall–Kier alpha value is -2.47. The molecule has 1 aromatic carbocycles. The summed E-state index contributed by atoms with van der Waals surface area (Å²) in [5.74, 6) is 1.34. The monoisotopic (exact) mass is 348 g/mol. The molecule has 0 radical (unpaired) electrons. The summed E-state index contributed by atoms with van der Waals surface area (Å²) in [6.07, 6.45) is 1.73. The summed E-state index contributed by atoms with van der Waals surface area (Å²) < 4.78 is 5.24. The van der Waals surface area contributed by atoms with Gasteiger partial charge in [-0.25, -0.2) is 4.98 Å². The fourth-order valence-corrected chi connectivity index (χ4v) is 2.39. The maximum atomic E-state index is 12.1. The number of hydrogen-bond acceptors (Lipinski definition) is 5. The van der Waals surface area contributed by atoms with Crippen LogP contribution < -0.4 is 20.3 Å². The molecule has 2 rings (SSSR count). The molecule has 0 unspecified atom stereocenters. The third-order valence-corrected chi connectivity index (χ3v) is 3.60. The van der Waals surface area contributed by atoms with E-state index in [-0.39, 0.29) is 12.5 Å². The number of anilines is 2. The Labute approximate surface area is 146 Å². The Morgan fingerprint density at radius 2 is 2.12 bits per heavy atom. The molecule has 2 aromatic rings. The molecule has 2 N–H and O–H groups in total. The van der Waals surface area contributed by atoms with Crippen LogP contribution >= 0.6 is 11.6 Å². The number of pyridine rings is 1. The molecule has 0 saturated carbocycles. The Morgan fingerprint density at radius 3 is 2.83 bits per heavy atom. The van der Waals surface area contributed by atoms with Gasteiger partial charge in [-0.2, -0.15) is 0 Å². The van der Waals surface area contributed by atoms with E-state index in [0.717, 1.165) is 11.4 Å². The van der Waals surface area contributed by atoms with E-state index in [0.29, 0.717) is 23.0 Å². The van der Waals surface area contributed by atoms with Gasteiger partial charge in [0.05, 0.1) is 19.3 Å². The van der Waals surface area contributed by atoms with Crippen molar-refractivity contribution in [3.05, 3.63) is 47.1 Å². The van der Waals surface area contributed by atoms with Crippen molar-refractivity contribution in [3.8, 4) is 5.75 Å². The second-order valence-electron chi connectivity index (χ2n) is 5.36. The third-order valence-electron chi connectivity index (χ3n) is 3.37. The number of aromatic nitrogens is 1. The van der Waals surface area contributed by atoms with E-state index in [1.54, 1.807) is 31.5 Å². The largest absolute Gasteiger partial charge is 0.495 e. The van der Waals surface area contributed by atoms with Crippen molar-refractivity contribution in [2.45, 2.75) is 6.54 Å². The van der Waals surface area contributed by atoms with Crippen molar-refractivity contribution in [2.75, 3.05) is 38.0 Å². The van der Waals surface area contributed by atoms with E-state index in [1.807, 2.05) is 31.1 Å². The minimum Gasteiger partial charge on any atom is -0.495 e. The summed E-state index contributed by atoms with van der Waals surface area (Å²) in [6, 6.07) is 9.00. The van der Waals surface area contributed by atoms with Gasteiger partial charge < -0.3 is 20.3 Å². The highest BCUT2D eigenvalue weighted by Gasteiger charge is 2.09. The molecule has 6 nitrogen and oxygen atoms in total. The van der Waals surface area contributed by atoms with Crippen LogP contribution in [-0.2, 0) is 11.3 Å². The van der Waals surface area contributed by atoms with Gasteiger partial charge in [0, 0.05) is 37.4 Å². The van der Waals surface area contributed by atoms with E-state index in [4.69, 9.17) is 16.3 Å². The first kappa shape index (κ1) is 17.9. The van der Waals surface area contributed by atoms with Crippen molar-refractivity contribution in [2.24, 2.45) is 0 Å². The molecule has 7 heteroatoms. The van der Waals surface area contributed by atoms with Crippen molar-refractivity contribution >= 4 is 29.0 Å². The lowest BCUT2D eigenvalue weighted by molar-refractivity contribution is -0.119. The maximum Gasteiger partial charge on any atom is 0.239 e. The number of rotatable bonds is 7. The smallest absolute Gasteiger partial charge is 0.239 e. The van der Waals surface area contributed by atoms with Gasteiger partial charge in [0.25, 0.3) is 0 Å². The number of ether oxygens (including phenoxy) is 1. The van der Waals surface area contributed by atoms with Gasteiger partial charge in [0.15, 0.2) is 0 Å². The minimum atomic E-state index is -0.134. The van der Waals surface area contributed by atoms with Gasteiger partial charge in [-0.1, -0.05) is 17.7 Å². The molecule has 0 aliphatic rings. The van der Waals surface area contributed by atoms with Gasteiger partial charge >= 0.3 is 0 Å². The second kappa shape index (κ2) is 8.40. The van der Waals surface area contributed by atoms with Crippen LogP contribution in [0.25, 0.3) is 0 Å². The van der Waals surface area contributed by atoms with Crippen LogP contribution in [0.15, 0.2) is 36.5 Å². The summed E-state index contributed by atoms with van der Waals surface area (Å²) >= 11 is 5.97. The maximum absolute atomic E-state index is 12.1. The van der Waals surface area contributed by atoms with Crippen molar-refractivity contribution in [1.82, 2.24) is 10.3 Å². The number of nitrogens with one attached hydrogen (secondary N) is 2. The van der Waals surface area contributed by atoms with Crippen molar-refractivity contribution < 1.29 is 9.53 Å². The number of halogens is 1. The lowest BCUT2D eigenvalue weighted by Gasteiger charge is -2.16. The van der Waals surface area contributed by atoms with E-state index < -0.39 is 0 Å². The molecule has 0 fully saturated rings. The number of carbonyl (C=O) groups is 1. The molecule has 0 bridgehead atoms. The summed E-state index contributed by atoms with van der Waals surface area (Å²) in [6.45, 7) is 0.531. The number of hydrogen-bond donors (Lipinski definition) is 2. The van der Waals surface area contributed by atoms with Crippen LogP contribution in [0.5, 0.6) is 5.75 Å². The van der Waals surface area contributed by atoms with Crippen molar-refractivity contribution in [3.63, 3.8) is 0 Å². The quantitative estimate of drug-likeness (QED) is 0.805. The predicted molar refractivity (Wildman–Crippen MR) is 96.9 cm³/mol. The van der Waals surface area contributed by atoms with Crippen LogP contribution in [0.4, 0.5) is 11.5 Å². The topological polar surface area (TPSA) is 66.5 Å². The molecule has 1 heterocycles. The molecule has 0 spiro atoms. The molecule has 128 valence electrons. The first-order valence-electron chi connectivity index (χ1n) is 7.46. The van der Waals surface area contributed by atoms with Crippen LogP contribution in [-0.4, -0.2) is 38.6 Å². The number of amides is 1. The van der Waals surface area contributed by atoms with Gasteiger partial charge in [0.2, 0.25) is 5.91 Å². The minimum absolute atomic E-state index is 0.119. The zero-order valence-electron chi connectivity index (χ0n) is 14.0. The lowest BCUT2D eigenvalue weighted by Crippen LogP contribution is -2.30. The highest BCUT2D eigenvalue weighted by molar-refractivity contribution is 6.30. The van der Waals surface area contributed by atoms with E-state index >= 15 is 0 Å². The zero-order chi connectivity index (χ0) is 17.5. The molecule has 24 heavy (non-hydrogen) atoms. The molecule has 0 aliphatic carbocycles. The second-order valence-corrected chi connectivity index (χ2v) is 5.79. The molecular formula is C17H21ClN4O2. The number of carbonyl (C=O) groups excluding carboxylic acids is 1. The van der Waals surface area contributed by atoms with E-state index in [9.17, 15) is 4.79 Å². The highest BCUT2D eigenvalue weighted by Crippen LogP contribution is 2.27. The lowest BCUT2D eigenvalue weighted by atomic mass is 10.2. The molecule has 1 amide bonds. The SMILES string of the molecule is COc1ccc(Cl)cc1NCC(=O)NCc1cccnc1N(C)C. The standard InChI is InChI=1S/C17H21ClN4O2/c1-22(2)17-12(5-4-8-19-17)10-21-16(23)11-20-14-9-13(18)6-7-15(14)24-3/h4-9,20H,10-11H2,1-3H3,(H,21,23). The molecular weight excluding hydrogens is 328 g/mol. The van der Waals surface area contributed by atoms with Gasteiger partial charge in [-0.15, -0.1) is 0 Å². The Kier molecular flexibility index (Phi) is 6.26. The van der Waals surface area contributed by atoms with E-state index in [2.05, 4.69) is 15.6 Å². The molecule has 1 aromatic heterocycles. The molecule has 0 atom stereocenters. The number of methoxy groups -OCH3 is 1. The summed E-state index contributed by atoms with van der Waals surface area (Å²) in [5.41, 5.74) is 1.63. The van der Waals surface area contributed by atoms with Gasteiger partial charge in [0.1, 0.15) is 11.6 Å².